The van der Waals surface area contributed by atoms with Crippen molar-refractivity contribution in [2.24, 2.45) is 0 Å². The Morgan fingerprint density at radius 1 is 1.16 bits per heavy atom. The van der Waals surface area contributed by atoms with Gasteiger partial charge < -0.3 is 14.8 Å². The molecule has 0 heterocycles. The molecule has 0 unspecified atom stereocenters. The highest BCUT2D eigenvalue weighted by Gasteiger charge is 2.13. The van der Waals surface area contributed by atoms with Crippen molar-refractivity contribution < 1.29 is 14.3 Å². The lowest BCUT2D eigenvalue weighted by Crippen LogP contribution is -2.32. The molecule has 1 amide bonds. The molecule has 2 aromatic rings. The summed E-state index contributed by atoms with van der Waals surface area (Å²) in [6, 6.07) is 13.5. The van der Waals surface area contributed by atoms with Crippen LogP contribution in [0.3, 0.4) is 0 Å². The third-order valence-electron chi connectivity index (χ3n) is 4.06. The maximum Gasteiger partial charge on any atom is 0.251 e. The predicted octanol–water partition coefficient (Wildman–Crippen LogP) is 4.50. The zero-order valence-electron chi connectivity index (χ0n) is 15.5. The molecule has 2 rings (SSSR count). The number of rotatable bonds is 8. The van der Waals surface area contributed by atoms with Gasteiger partial charge in [0.25, 0.3) is 5.91 Å². The van der Waals surface area contributed by atoms with E-state index in [2.05, 4.69) is 12.2 Å². The van der Waals surface area contributed by atoms with Gasteiger partial charge in [-0.25, -0.2) is 0 Å². The molecule has 1 N–H and O–H groups in total. The first kappa shape index (κ1) is 18.8. The number of carbonyl (C=O) groups excluding carboxylic acids is 1. The Balaban J connectivity index is 2.10. The molecule has 0 fully saturated rings. The van der Waals surface area contributed by atoms with Gasteiger partial charge in [0.05, 0.1) is 7.11 Å². The molecule has 0 saturated heterocycles. The van der Waals surface area contributed by atoms with Crippen LogP contribution in [0, 0.1) is 6.92 Å². The van der Waals surface area contributed by atoms with E-state index in [-0.39, 0.29) is 11.9 Å². The van der Waals surface area contributed by atoms with E-state index in [9.17, 15) is 4.79 Å². The highest BCUT2D eigenvalue weighted by atomic mass is 16.5. The Morgan fingerprint density at radius 3 is 2.52 bits per heavy atom. The second-order valence-electron chi connectivity index (χ2n) is 6.29. The fourth-order valence-corrected chi connectivity index (χ4v) is 2.64. The molecule has 134 valence electrons. The van der Waals surface area contributed by atoms with Gasteiger partial charge in [-0.2, -0.15) is 0 Å². The molecule has 0 saturated carbocycles. The molecule has 0 spiro atoms. The minimum atomic E-state index is -0.0693. The van der Waals surface area contributed by atoms with E-state index >= 15 is 0 Å². The number of amides is 1. The van der Waals surface area contributed by atoms with E-state index in [0.29, 0.717) is 17.9 Å². The van der Waals surface area contributed by atoms with E-state index in [4.69, 9.17) is 9.47 Å². The van der Waals surface area contributed by atoms with E-state index in [1.807, 2.05) is 50.2 Å². The molecular weight excluding hydrogens is 314 g/mol. The summed E-state index contributed by atoms with van der Waals surface area (Å²) in [5.74, 6) is 1.43. The number of methoxy groups -OCH3 is 1. The van der Waals surface area contributed by atoms with Crippen molar-refractivity contribution in [1.29, 1.82) is 0 Å². The first-order chi connectivity index (χ1) is 12.0. The second kappa shape index (κ2) is 9.11. The largest absolute Gasteiger partial charge is 0.496 e. The predicted molar refractivity (Wildman–Crippen MR) is 100 cm³/mol. The highest BCUT2D eigenvalue weighted by molar-refractivity contribution is 5.94. The van der Waals surface area contributed by atoms with Crippen molar-refractivity contribution in [2.45, 2.75) is 46.3 Å². The molecule has 0 aliphatic heterocycles. The van der Waals surface area contributed by atoms with Crippen LogP contribution in [0.4, 0.5) is 0 Å². The maximum absolute atomic E-state index is 12.4. The van der Waals surface area contributed by atoms with Crippen molar-refractivity contribution in [1.82, 2.24) is 5.32 Å². The van der Waals surface area contributed by atoms with E-state index in [1.165, 1.54) is 5.56 Å². The Hall–Kier alpha value is -2.49. The van der Waals surface area contributed by atoms with Gasteiger partial charge in [0, 0.05) is 17.2 Å². The van der Waals surface area contributed by atoms with Crippen LogP contribution in [0.15, 0.2) is 42.5 Å². The molecule has 0 aliphatic rings. The van der Waals surface area contributed by atoms with Gasteiger partial charge in [-0.15, -0.1) is 0 Å². The van der Waals surface area contributed by atoms with E-state index in [1.54, 1.807) is 13.2 Å². The third kappa shape index (κ3) is 5.52. The van der Waals surface area contributed by atoms with Crippen molar-refractivity contribution in [3.05, 3.63) is 59.2 Å². The van der Waals surface area contributed by atoms with Crippen molar-refractivity contribution in [2.75, 3.05) is 7.11 Å². The molecule has 0 bridgehead atoms. The molecule has 0 aromatic heterocycles. The summed E-state index contributed by atoms with van der Waals surface area (Å²) in [6.45, 7) is 6.51. The van der Waals surface area contributed by atoms with Crippen LogP contribution in [0.25, 0.3) is 0 Å². The summed E-state index contributed by atoms with van der Waals surface area (Å²) in [5.41, 5.74) is 2.65. The molecule has 4 nitrogen and oxygen atoms in total. The first-order valence-electron chi connectivity index (χ1n) is 8.70. The summed E-state index contributed by atoms with van der Waals surface area (Å²) in [5, 5.41) is 3.02. The van der Waals surface area contributed by atoms with Crippen LogP contribution < -0.4 is 14.8 Å². The SMILES string of the molecule is CCC[C@H](C)NC(=O)c1ccc(OC)c(COc2ccc(C)cc2)c1. The fourth-order valence-electron chi connectivity index (χ4n) is 2.64. The van der Waals surface area contributed by atoms with Gasteiger partial charge in [-0.3, -0.25) is 4.79 Å². The van der Waals surface area contributed by atoms with Crippen LogP contribution in [0.2, 0.25) is 0 Å². The zero-order valence-corrected chi connectivity index (χ0v) is 15.5. The average molecular weight is 341 g/mol. The number of nitrogens with one attached hydrogen (secondary N) is 1. The quantitative estimate of drug-likeness (QED) is 0.769. The molecule has 1 atom stereocenters. The second-order valence-corrected chi connectivity index (χ2v) is 6.29. The number of carbonyl (C=O) groups is 1. The van der Waals surface area contributed by atoms with Crippen LogP contribution in [-0.2, 0) is 6.61 Å². The summed E-state index contributed by atoms with van der Waals surface area (Å²) in [7, 11) is 1.62. The Bertz CT molecular complexity index is 695. The van der Waals surface area contributed by atoms with Crippen molar-refractivity contribution in [3.8, 4) is 11.5 Å². The standard InChI is InChI=1S/C21H27NO3/c1-5-6-16(3)22-21(23)17-9-12-20(24-4)18(13-17)14-25-19-10-7-15(2)8-11-19/h7-13,16H,5-6,14H2,1-4H3,(H,22,23)/t16-/m0/s1. The molecular formula is C21H27NO3. The molecule has 0 aliphatic carbocycles. The lowest BCUT2D eigenvalue weighted by molar-refractivity contribution is 0.0938. The topological polar surface area (TPSA) is 47.6 Å². The molecule has 2 aromatic carbocycles. The minimum absolute atomic E-state index is 0.0693. The van der Waals surface area contributed by atoms with Gasteiger partial charge in [-0.1, -0.05) is 31.0 Å². The van der Waals surface area contributed by atoms with Crippen LogP contribution in [-0.4, -0.2) is 19.1 Å². The molecule has 25 heavy (non-hydrogen) atoms. The van der Waals surface area contributed by atoms with Crippen LogP contribution >= 0.6 is 0 Å². The maximum atomic E-state index is 12.4. The van der Waals surface area contributed by atoms with Gasteiger partial charge in [0.2, 0.25) is 0 Å². The minimum Gasteiger partial charge on any atom is -0.496 e. The molecule has 4 heteroatoms. The summed E-state index contributed by atoms with van der Waals surface area (Å²) in [6.07, 6.45) is 2.00. The summed E-state index contributed by atoms with van der Waals surface area (Å²) in [4.78, 5) is 12.4. The van der Waals surface area contributed by atoms with E-state index < -0.39 is 0 Å². The Labute approximate surface area is 150 Å². The van der Waals surface area contributed by atoms with Gasteiger partial charge >= 0.3 is 0 Å². The van der Waals surface area contributed by atoms with Gasteiger partial charge in [-0.05, 0) is 50.6 Å². The number of aryl methyl sites for hydroxylation is 1. The van der Waals surface area contributed by atoms with Crippen LogP contribution in [0.1, 0.15) is 48.2 Å². The summed E-state index contributed by atoms with van der Waals surface area (Å²) >= 11 is 0. The summed E-state index contributed by atoms with van der Waals surface area (Å²) < 4.78 is 11.2. The zero-order chi connectivity index (χ0) is 18.2. The number of benzene rings is 2. The highest BCUT2D eigenvalue weighted by Crippen LogP contribution is 2.22. The van der Waals surface area contributed by atoms with E-state index in [0.717, 1.165) is 24.2 Å². The Kier molecular flexibility index (Phi) is 6.87. The number of hydrogen-bond acceptors (Lipinski definition) is 3. The fraction of sp³-hybridized carbons (Fsp3) is 0.381. The molecule has 0 radical (unpaired) electrons. The van der Waals surface area contributed by atoms with Crippen molar-refractivity contribution in [3.63, 3.8) is 0 Å². The lowest BCUT2D eigenvalue weighted by Gasteiger charge is -2.15. The average Bonchev–Trinajstić information content (AvgIpc) is 2.61. The normalized spacial score (nSPS) is 11.7. The number of hydrogen-bond donors (Lipinski definition) is 1. The van der Waals surface area contributed by atoms with Gasteiger partial charge in [0.15, 0.2) is 0 Å². The Morgan fingerprint density at radius 2 is 1.88 bits per heavy atom. The van der Waals surface area contributed by atoms with Gasteiger partial charge in [0.1, 0.15) is 18.1 Å². The van der Waals surface area contributed by atoms with Crippen LogP contribution in [0.5, 0.6) is 11.5 Å². The first-order valence-corrected chi connectivity index (χ1v) is 8.70. The smallest absolute Gasteiger partial charge is 0.251 e. The number of ether oxygens (including phenoxy) is 2. The van der Waals surface area contributed by atoms with Crippen molar-refractivity contribution >= 4 is 5.91 Å². The third-order valence-corrected chi connectivity index (χ3v) is 4.06. The monoisotopic (exact) mass is 341 g/mol. The lowest BCUT2D eigenvalue weighted by atomic mass is 10.1.